The molecule has 90 valence electrons. The molecule has 1 amide bonds. The summed E-state index contributed by atoms with van der Waals surface area (Å²) in [4.78, 5) is 12.3. The third-order valence-electron chi connectivity index (χ3n) is 2.33. The number of aliphatic hydroxyl groups is 1. The zero-order valence-electron chi connectivity index (χ0n) is 9.56. The second kappa shape index (κ2) is 6.55. The molecular formula is C10H17N3O2S. The van der Waals surface area contributed by atoms with E-state index in [9.17, 15) is 4.79 Å². The summed E-state index contributed by atoms with van der Waals surface area (Å²) in [5.74, 6) is 0.163. The van der Waals surface area contributed by atoms with Crippen LogP contribution in [0.2, 0.25) is 0 Å². The molecule has 1 atom stereocenters. The first kappa shape index (κ1) is 13.1. The van der Waals surface area contributed by atoms with Crippen LogP contribution in [0, 0.1) is 5.92 Å². The second-order valence-corrected chi connectivity index (χ2v) is 4.48. The molecule has 1 aromatic heterocycles. The molecule has 0 saturated carbocycles. The molecule has 1 rings (SSSR count). The highest BCUT2D eigenvalue weighted by Gasteiger charge is 2.15. The van der Waals surface area contributed by atoms with Crippen LogP contribution in [-0.2, 0) is 6.42 Å². The van der Waals surface area contributed by atoms with Crippen molar-refractivity contribution in [1.29, 1.82) is 0 Å². The van der Waals surface area contributed by atoms with Gasteiger partial charge in [-0.1, -0.05) is 18.3 Å². The molecule has 0 aliphatic heterocycles. The van der Waals surface area contributed by atoms with Crippen molar-refractivity contribution in [2.75, 3.05) is 13.2 Å². The first-order valence-electron chi connectivity index (χ1n) is 5.39. The first-order chi connectivity index (χ1) is 7.69. The number of nitrogens with zero attached hydrogens (tertiary/aromatic N) is 2. The summed E-state index contributed by atoms with van der Waals surface area (Å²) in [6.07, 6.45) is 1.41. The molecule has 1 aromatic rings. The van der Waals surface area contributed by atoms with Crippen LogP contribution < -0.4 is 5.32 Å². The van der Waals surface area contributed by atoms with Crippen LogP contribution in [0.3, 0.4) is 0 Å². The van der Waals surface area contributed by atoms with E-state index in [-0.39, 0.29) is 18.4 Å². The number of amides is 1. The first-order valence-corrected chi connectivity index (χ1v) is 6.16. The Morgan fingerprint density at radius 2 is 2.38 bits per heavy atom. The molecule has 0 aliphatic carbocycles. The fourth-order valence-electron chi connectivity index (χ4n) is 1.28. The second-order valence-electron chi connectivity index (χ2n) is 3.73. The molecule has 0 aliphatic rings. The maximum absolute atomic E-state index is 11.8. The normalized spacial score (nSPS) is 12.4. The summed E-state index contributed by atoms with van der Waals surface area (Å²) in [6.45, 7) is 4.66. The van der Waals surface area contributed by atoms with E-state index in [1.807, 2.05) is 13.8 Å². The quantitative estimate of drug-likeness (QED) is 0.776. The lowest BCUT2D eigenvalue weighted by Crippen LogP contribution is -2.28. The minimum Gasteiger partial charge on any atom is -0.396 e. The van der Waals surface area contributed by atoms with Crippen LogP contribution in [0.5, 0.6) is 0 Å². The molecule has 0 radical (unpaired) electrons. The van der Waals surface area contributed by atoms with Gasteiger partial charge in [0, 0.05) is 13.2 Å². The molecule has 1 heterocycles. The number of carbonyl (C=O) groups is 1. The highest BCUT2D eigenvalue weighted by Crippen LogP contribution is 2.11. The van der Waals surface area contributed by atoms with Gasteiger partial charge < -0.3 is 10.4 Å². The Hall–Kier alpha value is -1.01. The molecule has 0 saturated heterocycles. The number of rotatable bonds is 6. The number of nitrogens with one attached hydrogen (secondary N) is 1. The Kier molecular flexibility index (Phi) is 5.34. The van der Waals surface area contributed by atoms with Gasteiger partial charge in [-0.25, -0.2) is 0 Å². The van der Waals surface area contributed by atoms with Crippen molar-refractivity contribution in [3.63, 3.8) is 0 Å². The number of carbonyl (C=O) groups excluding carboxylic acids is 1. The van der Waals surface area contributed by atoms with Gasteiger partial charge in [0.1, 0.15) is 4.88 Å². The Balaban J connectivity index is 2.46. The van der Waals surface area contributed by atoms with Crippen molar-refractivity contribution >= 4 is 17.4 Å². The molecule has 16 heavy (non-hydrogen) atoms. The minimum atomic E-state index is -0.114. The lowest BCUT2D eigenvalue weighted by molar-refractivity contribution is 0.0948. The summed E-state index contributed by atoms with van der Waals surface area (Å²) in [7, 11) is 0. The number of aryl methyl sites for hydroxylation is 1. The zero-order chi connectivity index (χ0) is 12.0. The van der Waals surface area contributed by atoms with Crippen LogP contribution >= 0.6 is 11.5 Å². The Morgan fingerprint density at radius 1 is 1.62 bits per heavy atom. The minimum absolute atomic E-state index is 0.114. The van der Waals surface area contributed by atoms with Crippen LogP contribution in [0.25, 0.3) is 0 Å². The largest absolute Gasteiger partial charge is 0.396 e. The maximum Gasteiger partial charge on any atom is 0.264 e. The third-order valence-corrected chi connectivity index (χ3v) is 3.10. The highest BCUT2D eigenvalue weighted by atomic mass is 32.1. The molecule has 0 bridgehead atoms. The number of hydrogen-bond donors (Lipinski definition) is 2. The van der Waals surface area contributed by atoms with E-state index in [2.05, 4.69) is 14.9 Å². The van der Waals surface area contributed by atoms with Gasteiger partial charge in [-0.15, -0.1) is 5.10 Å². The van der Waals surface area contributed by atoms with Crippen molar-refractivity contribution in [3.8, 4) is 0 Å². The Labute approximate surface area is 99.0 Å². The van der Waals surface area contributed by atoms with E-state index in [0.717, 1.165) is 17.2 Å². The lowest BCUT2D eigenvalue weighted by Gasteiger charge is -2.10. The summed E-state index contributed by atoms with van der Waals surface area (Å²) in [5.41, 5.74) is 0.748. The van der Waals surface area contributed by atoms with Crippen molar-refractivity contribution < 1.29 is 9.90 Å². The van der Waals surface area contributed by atoms with Crippen molar-refractivity contribution in [3.05, 3.63) is 10.6 Å². The highest BCUT2D eigenvalue weighted by molar-refractivity contribution is 7.08. The molecule has 0 fully saturated rings. The predicted molar refractivity (Wildman–Crippen MR) is 62.5 cm³/mol. The monoisotopic (exact) mass is 243 g/mol. The van der Waals surface area contributed by atoms with Crippen molar-refractivity contribution in [2.45, 2.75) is 26.7 Å². The zero-order valence-corrected chi connectivity index (χ0v) is 10.4. The fraction of sp³-hybridized carbons (Fsp3) is 0.700. The van der Waals surface area contributed by atoms with Gasteiger partial charge in [0.15, 0.2) is 0 Å². The molecule has 1 unspecified atom stereocenters. The van der Waals surface area contributed by atoms with Crippen molar-refractivity contribution in [1.82, 2.24) is 14.9 Å². The van der Waals surface area contributed by atoms with Crippen molar-refractivity contribution in [2.24, 2.45) is 5.92 Å². The van der Waals surface area contributed by atoms with E-state index >= 15 is 0 Å². The smallest absolute Gasteiger partial charge is 0.264 e. The topological polar surface area (TPSA) is 75.1 Å². The summed E-state index contributed by atoms with van der Waals surface area (Å²) in [5, 5.41) is 15.4. The Bertz CT molecular complexity index is 341. The average molecular weight is 243 g/mol. The van der Waals surface area contributed by atoms with Gasteiger partial charge >= 0.3 is 0 Å². The average Bonchev–Trinajstić information content (AvgIpc) is 2.74. The van der Waals surface area contributed by atoms with E-state index in [4.69, 9.17) is 5.11 Å². The molecule has 0 spiro atoms. The Morgan fingerprint density at radius 3 is 3.00 bits per heavy atom. The number of hydrogen-bond acceptors (Lipinski definition) is 5. The standard InChI is InChI=1S/C10H17N3O2S/c1-3-8-9(16-13-12-8)10(15)11-6-7(2)4-5-14/h7,14H,3-6H2,1-2H3,(H,11,15). The van der Waals surface area contributed by atoms with Gasteiger partial charge in [-0.2, -0.15) is 0 Å². The van der Waals surface area contributed by atoms with E-state index in [1.54, 1.807) is 0 Å². The molecule has 6 heteroatoms. The summed E-state index contributed by atoms with van der Waals surface area (Å²) >= 11 is 1.12. The SMILES string of the molecule is CCc1nnsc1C(=O)NCC(C)CCO. The molecule has 2 N–H and O–H groups in total. The fourth-order valence-corrected chi connectivity index (χ4v) is 1.95. The maximum atomic E-state index is 11.8. The number of aromatic nitrogens is 2. The summed E-state index contributed by atoms with van der Waals surface area (Å²) in [6, 6.07) is 0. The van der Waals surface area contributed by atoms with E-state index < -0.39 is 0 Å². The van der Waals surface area contributed by atoms with Crippen LogP contribution in [0.15, 0.2) is 0 Å². The van der Waals surface area contributed by atoms with Gasteiger partial charge in [0.05, 0.1) is 5.69 Å². The van der Waals surface area contributed by atoms with Gasteiger partial charge in [0.25, 0.3) is 5.91 Å². The van der Waals surface area contributed by atoms with Gasteiger partial charge in [-0.3, -0.25) is 4.79 Å². The van der Waals surface area contributed by atoms with Gasteiger partial charge in [-0.05, 0) is 30.3 Å². The van der Waals surface area contributed by atoms with E-state index in [1.165, 1.54) is 0 Å². The van der Waals surface area contributed by atoms with Crippen LogP contribution in [-0.4, -0.2) is 33.8 Å². The lowest BCUT2D eigenvalue weighted by atomic mass is 10.1. The molecule has 5 nitrogen and oxygen atoms in total. The molecule has 0 aromatic carbocycles. The third kappa shape index (κ3) is 3.53. The van der Waals surface area contributed by atoms with Crippen LogP contribution in [0.4, 0.5) is 0 Å². The van der Waals surface area contributed by atoms with Crippen LogP contribution in [0.1, 0.15) is 35.6 Å². The molecular weight excluding hydrogens is 226 g/mol. The predicted octanol–water partition coefficient (Wildman–Crippen LogP) is 0.849. The summed E-state index contributed by atoms with van der Waals surface area (Å²) < 4.78 is 3.77. The van der Waals surface area contributed by atoms with E-state index in [0.29, 0.717) is 24.3 Å². The number of aliphatic hydroxyl groups excluding tert-OH is 1. The van der Waals surface area contributed by atoms with Gasteiger partial charge in [0.2, 0.25) is 0 Å².